The zero-order chi connectivity index (χ0) is 14.6. The second-order valence-corrected chi connectivity index (χ2v) is 5.83. The molecule has 1 saturated heterocycles. The molecule has 110 valence electrons. The quantitative estimate of drug-likeness (QED) is 0.901. The average Bonchev–Trinajstić information content (AvgIpc) is 3.09. The number of hydrogen-bond donors (Lipinski definition) is 2. The van der Waals surface area contributed by atoms with Gasteiger partial charge < -0.3 is 14.8 Å². The first kappa shape index (κ1) is 12.6. The molecule has 0 radical (unpaired) electrons. The first-order valence-electron chi connectivity index (χ1n) is 7.25. The van der Waals surface area contributed by atoms with E-state index >= 15 is 0 Å². The largest absolute Gasteiger partial charge is 0.478 e. The van der Waals surface area contributed by atoms with Gasteiger partial charge in [0.05, 0.1) is 28.7 Å². The molecule has 0 amide bonds. The average molecular weight is 288 g/mol. The predicted octanol–water partition coefficient (Wildman–Crippen LogP) is 1.77. The van der Waals surface area contributed by atoms with Gasteiger partial charge in [0.25, 0.3) is 0 Å². The lowest BCUT2D eigenvalue weighted by molar-refractivity contribution is 0.0699. The minimum Gasteiger partial charge on any atom is -0.478 e. The molecule has 2 fully saturated rings. The lowest BCUT2D eigenvalue weighted by atomic mass is 10.1. The summed E-state index contributed by atoms with van der Waals surface area (Å²) in [6, 6.07) is 4.98. The highest BCUT2D eigenvalue weighted by Gasteiger charge is 2.42. The lowest BCUT2D eigenvalue weighted by Crippen LogP contribution is -2.29. The monoisotopic (exact) mass is 288 g/mol. The van der Waals surface area contributed by atoms with E-state index in [4.69, 9.17) is 4.74 Å². The number of imidazole rings is 1. The van der Waals surface area contributed by atoms with Crippen molar-refractivity contribution in [2.45, 2.75) is 31.4 Å². The molecule has 2 atom stereocenters. The van der Waals surface area contributed by atoms with E-state index < -0.39 is 5.97 Å². The van der Waals surface area contributed by atoms with Gasteiger partial charge in [0.1, 0.15) is 0 Å². The second-order valence-electron chi connectivity index (χ2n) is 5.83. The fourth-order valence-electron chi connectivity index (χ4n) is 3.41. The van der Waals surface area contributed by atoms with Crippen molar-refractivity contribution in [3.63, 3.8) is 0 Å². The topological polar surface area (TPSA) is 84.3 Å². The van der Waals surface area contributed by atoms with E-state index in [1.54, 1.807) is 16.7 Å². The Hall–Kier alpha value is -2.08. The molecule has 0 bridgehead atoms. The Morgan fingerprint density at radius 3 is 2.86 bits per heavy atom. The molecule has 21 heavy (non-hydrogen) atoms. The van der Waals surface area contributed by atoms with Crippen molar-refractivity contribution in [2.24, 2.45) is 5.92 Å². The predicted molar refractivity (Wildman–Crippen MR) is 75.6 cm³/mol. The number of H-pyrrole nitrogens is 1. The second kappa shape index (κ2) is 4.46. The molecule has 2 unspecified atom stereocenters. The maximum absolute atomic E-state index is 12.3. The fourth-order valence-corrected chi connectivity index (χ4v) is 3.41. The van der Waals surface area contributed by atoms with E-state index in [0.29, 0.717) is 23.6 Å². The number of nitrogens with one attached hydrogen (secondary N) is 1. The van der Waals surface area contributed by atoms with Gasteiger partial charge in [-0.3, -0.25) is 4.57 Å². The summed E-state index contributed by atoms with van der Waals surface area (Å²) >= 11 is 0. The van der Waals surface area contributed by atoms with Gasteiger partial charge in [0.15, 0.2) is 0 Å². The summed E-state index contributed by atoms with van der Waals surface area (Å²) in [4.78, 5) is 26.3. The minimum atomic E-state index is -1.03. The zero-order valence-corrected chi connectivity index (χ0v) is 11.4. The highest BCUT2D eigenvalue weighted by Crippen LogP contribution is 2.43. The van der Waals surface area contributed by atoms with Crippen molar-refractivity contribution < 1.29 is 14.6 Å². The summed E-state index contributed by atoms with van der Waals surface area (Å²) in [5, 5.41) is 9.24. The van der Waals surface area contributed by atoms with Crippen LogP contribution in [0, 0.1) is 5.92 Å². The Morgan fingerprint density at radius 1 is 1.33 bits per heavy atom. The number of benzene rings is 1. The molecule has 1 aromatic heterocycles. The summed E-state index contributed by atoms with van der Waals surface area (Å²) in [5.41, 5.74) is 0.933. The summed E-state index contributed by atoms with van der Waals surface area (Å²) in [7, 11) is 0. The van der Waals surface area contributed by atoms with E-state index in [1.165, 1.54) is 6.07 Å². The van der Waals surface area contributed by atoms with Crippen LogP contribution in [-0.4, -0.2) is 33.3 Å². The Kier molecular flexibility index (Phi) is 2.68. The number of carboxylic acids is 1. The maximum Gasteiger partial charge on any atom is 0.337 e. The number of ether oxygens (including phenoxy) is 1. The Morgan fingerprint density at radius 2 is 2.14 bits per heavy atom. The Bertz CT molecular complexity index is 772. The Balaban J connectivity index is 1.89. The number of nitrogens with zero attached hydrogens (tertiary/aromatic N) is 1. The fraction of sp³-hybridized carbons (Fsp3) is 0.467. The van der Waals surface area contributed by atoms with Crippen LogP contribution < -0.4 is 5.69 Å². The maximum atomic E-state index is 12.3. The van der Waals surface area contributed by atoms with Crippen LogP contribution in [0.3, 0.4) is 0 Å². The molecule has 1 aromatic carbocycles. The molecule has 2 aliphatic rings. The third-order valence-electron chi connectivity index (χ3n) is 4.50. The number of aromatic nitrogens is 2. The third-order valence-corrected chi connectivity index (χ3v) is 4.50. The highest BCUT2D eigenvalue weighted by atomic mass is 16.5. The summed E-state index contributed by atoms with van der Waals surface area (Å²) in [6.07, 6.45) is 3.18. The van der Waals surface area contributed by atoms with Gasteiger partial charge in [0, 0.05) is 6.61 Å². The Labute approximate surface area is 120 Å². The number of carbonyl (C=O) groups is 1. The van der Waals surface area contributed by atoms with Crippen LogP contribution in [0.4, 0.5) is 0 Å². The zero-order valence-electron chi connectivity index (χ0n) is 11.4. The van der Waals surface area contributed by atoms with E-state index in [9.17, 15) is 14.7 Å². The van der Waals surface area contributed by atoms with Crippen LogP contribution in [0.1, 0.15) is 35.7 Å². The number of para-hydroxylation sites is 1. The number of aromatic carboxylic acids is 1. The number of rotatable bonds is 3. The summed E-state index contributed by atoms with van der Waals surface area (Å²) < 4.78 is 7.50. The molecular weight excluding hydrogens is 272 g/mol. The van der Waals surface area contributed by atoms with Gasteiger partial charge >= 0.3 is 11.7 Å². The molecule has 2 N–H and O–H groups in total. The van der Waals surface area contributed by atoms with Gasteiger partial charge in [-0.15, -0.1) is 0 Å². The number of fused-ring (bicyclic) bond motifs is 1. The molecule has 2 heterocycles. The molecule has 6 nitrogen and oxygen atoms in total. The standard InChI is InChI=1S/C15H16N2O4/c18-14(19)9-2-1-3-10-12(9)16-15(20)17(10)11-6-7-21-13(11)8-4-5-8/h1-3,8,11,13H,4-7H2,(H,16,20)(H,18,19). The van der Waals surface area contributed by atoms with Gasteiger partial charge in [-0.05, 0) is 37.3 Å². The first-order chi connectivity index (χ1) is 10.2. The first-order valence-corrected chi connectivity index (χ1v) is 7.25. The summed E-state index contributed by atoms with van der Waals surface area (Å²) in [6.45, 7) is 0.656. The molecule has 6 heteroatoms. The molecule has 4 rings (SSSR count). The van der Waals surface area contributed by atoms with E-state index in [1.807, 2.05) is 0 Å². The number of hydrogen-bond acceptors (Lipinski definition) is 3. The number of aromatic amines is 1. The van der Waals surface area contributed by atoms with Crippen LogP contribution in [0.2, 0.25) is 0 Å². The van der Waals surface area contributed by atoms with Crippen molar-refractivity contribution in [3.05, 3.63) is 34.2 Å². The van der Waals surface area contributed by atoms with Crippen molar-refractivity contribution in [1.29, 1.82) is 0 Å². The van der Waals surface area contributed by atoms with Gasteiger partial charge in [0.2, 0.25) is 0 Å². The van der Waals surface area contributed by atoms with Crippen molar-refractivity contribution in [1.82, 2.24) is 9.55 Å². The van der Waals surface area contributed by atoms with Gasteiger partial charge in [-0.2, -0.15) is 0 Å². The lowest BCUT2D eigenvalue weighted by Gasteiger charge is -2.19. The molecule has 2 aromatic rings. The smallest absolute Gasteiger partial charge is 0.337 e. The van der Waals surface area contributed by atoms with E-state index in [-0.39, 0.29) is 23.4 Å². The van der Waals surface area contributed by atoms with Crippen molar-refractivity contribution in [3.8, 4) is 0 Å². The molecular formula is C15H16N2O4. The van der Waals surface area contributed by atoms with Crippen molar-refractivity contribution in [2.75, 3.05) is 6.61 Å². The minimum absolute atomic E-state index is 0.00259. The van der Waals surface area contributed by atoms with Crippen LogP contribution in [-0.2, 0) is 4.74 Å². The molecule has 1 aliphatic carbocycles. The van der Waals surface area contributed by atoms with Gasteiger partial charge in [-0.1, -0.05) is 6.07 Å². The third kappa shape index (κ3) is 1.90. The number of carboxylic acid groups (broad SMARTS) is 1. The van der Waals surface area contributed by atoms with Crippen LogP contribution >= 0.6 is 0 Å². The normalized spacial score (nSPS) is 25.5. The SMILES string of the molecule is O=C(O)c1cccc2c1[nH]c(=O)n2C1CCOC1C1CC1. The van der Waals surface area contributed by atoms with Gasteiger partial charge in [-0.25, -0.2) is 9.59 Å². The molecule has 0 spiro atoms. The molecule has 1 aliphatic heterocycles. The molecule has 1 saturated carbocycles. The van der Waals surface area contributed by atoms with Crippen molar-refractivity contribution >= 4 is 17.0 Å². The highest BCUT2D eigenvalue weighted by molar-refractivity contribution is 6.00. The van der Waals surface area contributed by atoms with Crippen LogP contribution in [0.5, 0.6) is 0 Å². The van der Waals surface area contributed by atoms with E-state index in [2.05, 4.69) is 4.98 Å². The summed E-state index contributed by atoms with van der Waals surface area (Å²) in [5.74, 6) is -0.493. The van der Waals surface area contributed by atoms with E-state index in [0.717, 1.165) is 19.3 Å². The van der Waals surface area contributed by atoms with Crippen LogP contribution in [0.25, 0.3) is 11.0 Å². The van der Waals surface area contributed by atoms with Crippen LogP contribution in [0.15, 0.2) is 23.0 Å².